The van der Waals surface area contributed by atoms with Gasteiger partial charge >= 0.3 is 0 Å². The molecule has 2 aromatic rings. The second kappa shape index (κ2) is 7.53. The van der Waals surface area contributed by atoms with Crippen LogP contribution in [0.3, 0.4) is 0 Å². The second-order valence-electron chi connectivity index (χ2n) is 7.61. The van der Waals surface area contributed by atoms with Gasteiger partial charge < -0.3 is 0 Å². The van der Waals surface area contributed by atoms with Crippen molar-refractivity contribution in [1.82, 2.24) is 14.5 Å². The molecule has 2 aliphatic rings. The summed E-state index contributed by atoms with van der Waals surface area (Å²) in [4.78, 5) is 12.9. The predicted octanol–water partition coefficient (Wildman–Crippen LogP) is 3.54. The lowest BCUT2D eigenvalue weighted by Gasteiger charge is -2.32. The first-order chi connectivity index (χ1) is 13.4. The van der Waals surface area contributed by atoms with Gasteiger partial charge in [-0.05, 0) is 57.2 Å². The summed E-state index contributed by atoms with van der Waals surface area (Å²) in [6.45, 7) is 4.25. The van der Waals surface area contributed by atoms with E-state index in [2.05, 4.69) is 15.5 Å². The monoisotopic (exact) mass is 420 g/mol. The van der Waals surface area contributed by atoms with E-state index in [1.807, 2.05) is 6.92 Å². The molecule has 1 unspecified atom stereocenters. The number of nitrogens with zero attached hydrogens (tertiary/aromatic N) is 3. The number of benzene rings is 1. The zero-order chi connectivity index (χ0) is 19.9. The van der Waals surface area contributed by atoms with Gasteiger partial charge in [-0.15, -0.1) is 10.2 Å². The summed E-state index contributed by atoms with van der Waals surface area (Å²) < 4.78 is 27.8. The molecule has 1 N–H and O–H groups in total. The minimum Gasteiger partial charge on any atom is -0.296 e. The van der Waals surface area contributed by atoms with Crippen LogP contribution in [0.5, 0.6) is 0 Å². The smallest absolute Gasteiger partial charge is 0.257 e. The fraction of sp³-hybridized carbons (Fsp3) is 0.526. The number of piperidine rings is 1. The van der Waals surface area contributed by atoms with Crippen molar-refractivity contribution in [3.8, 4) is 0 Å². The van der Waals surface area contributed by atoms with Crippen LogP contribution in [0.1, 0.15) is 65.9 Å². The van der Waals surface area contributed by atoms with E-state index in [9.17, 15) is 13.2 Å². The van der Waals surface area contributed by atoms with Gasteiger partial charge in [0.1, 0.15) is 5.01 Å². The molecule has 1 amide bonds. The molecule has 1 aromatic carbocycles. The predicted molar refractivity (Wildman–Crippen MR) is 108 cm³/mol. The molecule has 0 spiro atoms. The average molecular weight is 421 g/mol. The van der Waals surface area contributed by atoms with Crippen LogP contribution >= 0.6 is 11.3 Å². The zero-order valence-electron chi connectivity index (χ0n) is 16.0. The van der Waals surface area contributed by atoms with Gasteiger partial charge in [0.05, 0.1) is 4.90 Å². The summed E-state index contributed by atoms with van der Waals surface area (Å²) in [7, 11) is -3.63. The van der Waals surface area contributed by atoms with Crippen molar-refractivity contribution in [2.75, 3.05) is 11.9 Å². The Labute approximate surface area is 169 Å². The molecule has 2 fully saturated rings. The first-order valence-electron chi connectivity index (χ1n) is 9.63. The quantitative estimate of drug-likeness (QED) is 0.799. The Hall–Kier alpha value is -1.84. The highest BCUT2D eigenvalue weighted by Crippen LogP contribution is 2.42. The lowest BCUT2D eigenvalue weighted by atomic mass is 10.1. The summed E-state index contributed by atoms with van der Waals surface area (Å²) in [5.41, 5.74) is 1.06. The Morgan fingerprint density at radius 3 is 2.71 bits per heavy atom. The SMILES string of the molecule is Cc1ccc(S(=O)(=O)N2CCCCC2C)cc1C(=O)Nc1nnc(C2CC2)s1. The third kappa shape index (κ3) is 3.83. The molecule has 9 heteroatoms. The Bertz CT molecular complexity index is 998. The van der Waals surface area contributed by atoms with E-state index in [1.165, 1.54) is 17.4 Å². The molecular formula is C19H24N4O3S2. The van der Waals surface area contributed by atoms with E-state index >= 15 is 0 Å². The van der Waals surface area contributed by atoms with Crippen LogP contribution in [0.25, 0.3) is 0 Å². The number of anilines is 1. The van der Waals surface area contributed by atoms with E-state index in [0.717, 1.165) is 42.7 Å². The Kier molecular flexibility index (Phi) is 5.24. The summed E-state index contributed by atoms with van der Waals surface area (Å²) in [5, 5.41) is 12.3. The highest BCUT2D eigenvalue weighted by Gasteiger charge is 2.32. The van der Waals surface area contributed by atoms with Gasteiger partial charge in [0, 0.05) is 24.1 Å². The average Bonchev–Trinajstić information content (AvgIpc) is 3.41. The van der Waals surface area contributed by atoms with Gasteiger partial charge in [-0.2, -0.15) is 4.31 Å². The van der Waals surface area contributed by atoms with Gasteiger partial charge in [0.2, 0.25) is 15.2 Å². The molecule has 1 saturated heterocycles. The van der Waals surface area contributed by atoms with Gasteiger partial charge in [-0.1, -0.05) is 23.8 Å². The minimum atomic E-state index is -3.63. The van der Waals surface area contributed by atoms with Crippen molar-refractivity contribution >= 4 is 32.4 Å². The number of hydrogen-bond acceptors (Lipinski definition) is 6. The fourth-order valence-electron chi connectivity index (χ4n) is 3.52. The number of rotatable bonds is 5. The van der Waals surface area contributed by atoms with Crippen molar-refractivity contribution in [3.05, 3.63) is 34.3 Å². The molecule has 1 atom stereocenters. The molecule has 1 aliphatic heterocycles. The molecule has 4 rings (SSSR count). The molecule has 0 bridgehead atoms. The number of hydrogen-bond donors (Lipinski definition) is 1. The molecule has 1 aromatic heterocycles. The van der Waals surface area contributed by atoms with Crippen molar-refractivity contribution in [3.63, 3.8) is 0 Å². The van der Waals surface area contributed by atoms with Crippen LogP contribution in [0.4, 0.5) is 5.13 Å². The lowest BCUT2D eigenvalue weighted by Crippen LogP contribution is -2.42. The largest absolute Gasteiger partial charge is 0.296 e. The number of amides is 1. The molecular weight excluding hydrogens is 396 g/mol. The van der Waals surface area contributed by atoms with E-state index in [4.69, 9.17) is 0 Å². The fourth-order valence-corrected chi connectivity index (χ4v) is 6.15. The van der Waals surface area contributed by atoms with Crippen LogP contribution in [0.2, 0.25) is 0 Å². The third-order valence-corrected chi connectivity index (χ3v) is 8.40. The number of aryl methyl sites for hydroxylation is 1. The van der Waals surface area contributed by atoms with Crippen LogP contribution in [-0.2, 0) is 10.0 Å². The Morgan fingerprint density at radius 1 is 1.21 bits per heavy atom. The summed E-state index contributed by atoms with van der Waals surface area (Å²) >= 11 is 1.38. The highest BCUT2D eigenvalue weighted by molar-refractivity contribution is 7.89. The molecule has 28 heavy (non-hydrogen) atoms. The minimum absolute atomic E-state index is 0.0282. The number of nitrogens with one attached hydrogen (secondary N) is 1. The van der Waals surface area contributed by atoms with Crippen LogP contribution in [0.15, 0.2) is 23.1 Å². The van der Waals surface area contributed by atoms with Crippen LogP contribution < -0.4 is 5.32 Å². The maximum atomic E-state index is 13.1. The summed E-state index contributed by atoms with van der Waals surface area (Å²) in [5.74, 6) is 0.115. The lowest BCUT2D eigenvalue weighted by molar-refractivity contribution is 0.102. The number of sulfonamides is 1. The summed E-state index contributed by atoms with van der Waals surface area (Å²) in [6, 6.07) is 4.72. The molecule has 2 heterocycles. The Balaban J connectivity index is 1.58. The standard InChI is InChI=1S/C19H24N4O3S2/c1-12-6-9-15(28(25,26)23-10-4-3-5-13(23)2)11-16(12)17(24)20-19-22-21-18(27-19)14-7-8-14/h6,9,11,13-14H,3-5,7-8,10H2,1-2H3,(H,20,22,24). The highest BCUT2D eigenvalue weighted by atomic mass is 32.2. The molecule has 1 aliphatic carbocycles. The number of carbonyl (C=O) groups is 1. The zero-order valence-corrected chi connectivity index (χ0v) is 17.6. The summed E-state index contributed by atoms with van der Waals surface area (Å²) in [6.07, 6.45) is 5.01. The normalized spacial score (nSPS) is 20.9. The molecule has 1 saturated carbocycles. The molecule has 7 nitrogen and oxygen atoms in total. The maximum Gasteiger partial charge on any atom is 0.257 e. The van der Waals surface area contributed by atoms with Crippen molar-refractivity contribution in [2.24, 2.45) is 0 Å². The number of carbonyl (C=O) groups excluding carboxylic acids is 1. The van der Waals surface area contributed by atoms with Crippen LogP contribution in [-0.4, -0.2) is 41.4 Å². The van der Waals surface area contributed by atoms with E-state index in [1.54, 1.807) is 23.4 Å². The van der Waals surface area contributed by atoms with Crippen molar-refractivity contribution in [2.45, 2.75) is 62.8 Å². The maximum absolute atomic E-state index is 13.1. The molecule has 0 radical (unpaired) electrons. The van der Waals surface area contributed by atoms with E-state index in [0.29, 0.717) is 23.2 Å². The topological polar surface area (TPSA) is 92.3 Å². The van der Waals surface area contributed by atoms with Gasteiger partial charge in [-0.3, -0.25) is 10.1 Å². The first-order valence-corrected chi connectivity index (χ1v) is 11.9. The Morgan fingerprint density at radius 2 is 2.00 bits per heavy atom. The van der Waals surface area contributed by atoms with E-state index in [-0.39, 0.29) is 16.8 Å². The molecule has 150 valence electrons. The third-order valence-electron chi connectivity index (χ3n) is 5.39. The number of aromatic nitrogens is 2. The van der Waals surface area contributed by atoms with E-state index < -0.39 is 10.0 Å². The first kappa shape index (κ1) is 19.5. The second-order valence-corrected chi connectivity index (χ2v) is 10.5. The van der Waals surface area contributed by atoms with Crippen molar-refractivity contribution < 1.29 is 13.2 Å². The van der Waals surface area contributed by atoms with Crippen LogP contribution in [0, 0.1) is 6.92 Å². The van der Waals surface area contributed by atoms with Gasteiger partial charge in [-0.25, -0.2) is 8.42 Å². The van der Waals surface area contributed by atoms with Gasteiger partial charge in [0.25, 0.3) is 5.91 Å². The van der Waals surface area contributed by atoms with Gasteiger partial charge in [0.15, 0.2) is 0 Å². The van der Waals surface area contributed by atoms with Crippen molar-refractivity contribution in [1.29, 1.82) is 0 Å².